The van der Waals surface area contributed by atoms with Gasteiger partial charge in [0.1, 0.15) is 0 Å². The van der Waals surface area contributed by atoms with Gasteiger partial charge in [0.2, 0.25) is 0 Å². The lowest BCUT2D eigenvalue weighted by Crippen LogP contribution is -2.31. The first-order valence-corrected chi connectivity index (χ1v) is 8.98. The first-order valence-electron chi connectivity index (χ1n) is 7.99. The molecule has 0 aromatic heterocycles. The number of benzene rings is 1. The fraction of sp³-hybridized carbons (Fsp3) is 0.588. The van der Waals surface area contributed by atoms with E-state index >= 15 is 0 Å². The zero-order valence-corrected chi connectivity index (χ0v) is 16.1. The van der Waals surface area contributed by atoms with Crippen LogP contribution >= 0.6 is 36.6 Å². The van der Waals surface area contributed by atoms with Crippen LogP contribution in [0.25, 0.3) is 0 Å². The van der Waals surface area contributed by atoms with Crippen LogP contribution in [0.15, 0.2) is 35.3 Å². The number of rotatable bonds is 5. The van der Waals surface area contributed by atoms with E-state index in [1.54, 1.807) is 0 Å². The van der Waals surface area contributed by atoms with E-state index in [2.05, 4.69) is 52.6 Å². The standard InChI is InChI=1S/C17H25N3S.2ClH/c1-20-10-5-8-16(20)9-11-21-17-18-13-15(19-17)12-14-6-3-2-4-7-14;;/h2-4,6-7,15-16H,5,8-13H2,1H3,(H,18,19);2*1H. The molecular formula is C17H27Cl2N3S. The molecule has 1 saturated heterocycles. The van der Waals surface area contributed by atoms with Crippen molar-refractivity contribution in [3.8, 4) is 0 Å². The normalized spacial score (nSPS) is 23.6. The molecule has 1 aromatic carbocycles. The Hall–Kier alpha value is -0.420. The summed E-state index contributed by atoms with van der Waals surface area (Å²) in [6, 6.07) is 12.0. The van der Waals surface area contributed by atoms with Crippen LogP contribution in [0, 0.1) is 0 Å². The van der Waals surface area contributed by atoms with E-state index in [-0.39, 0.29) is 24.8 Å². The molecule has 2 aliphatic heterocycles. The Morgan fingerprint density at radius 1 is 1.26 bits per heavy atom. The van der Waals surface area contributed by atoms with Crippen molar-refractivity contribution in [3.63, 3.8) is 0 Å². The zero-order valence-electron chi connectivity index (χ0n) is 13.6. The topological polar surface area (TPSA) is 27.6 Å². The van der Waals surface area contributed by atoms with Gasteiger partial charge in [-0.2, -0.15) is 0 Å². The average Bonchev–Trinajstić information content (AvgIpc) is 3.10. The Morgan fingerprint density at radius 2 is 2.04 bits per heavy atom. The molecule has 2 unspecified atom stereocenters. The molecule has 1 N–H and O–H groups in total. The molecule has 130 valence electrons. The van der Waals surface area contributed by atoms with Crippen LogP contribution < -0.4 is 5.32 Å². The number of thioether (sulfide) groups is 1. The fourth-order valence-corrected chi connectivity index (χ4v) is 4.20. The molecule has 2 aliphatic rings. The summed E-state index contributed by atoms with van der Waals surface area (Å²) in [5.74, 6) is 1.18. The summed E-state index contributed by atoms with van der Waals surface area (Å²) in [5, 5.41) is 4.73. The molecule has 3 rings (SSSR count). The Kier molecular flexibility index (Phi) is 9.37. The highest BCUT2D eigenvalue weighted by atomic mass is 35.5. The van der Waals surface area contributed by atoms with Crippen LogP contribution in [0.4, 0.5) is 0 Å². The van der Waals surface area contributed by atoms with Gasteiger partial charge in [0.05, 0.1) is 12.6 Å². The predicted octanol–water partition coefficient (Wildman–Crippen LogP) is 3.62. The first-order chi connectivity index (χ1) is 10.3. The third kappa shape index (κ3) is 6.18. The van der Waals surface area contributed by atoms with Crippen molar-refractivity contribution in [2.75, 3.05) is 25.9 Å². The first kappa shape index (κ1) is 20.6. The number of halogens is 2. The Morgan fingerprint density at radius 3 is 2.74 bits per heavy atom. The zero-order chi connectivity index (χ0) is 14.5. The summed E-state index contributed by atoms with van der Waals surface area (Å²) < 4.78 is 0. The monoisotopic (exact) mass is 375 g/mol. The number of likely N-dealkylation sites (tertiary alicyclic amines) is 1. The summed E-state index contributed by atoms with van der Waals surface area (Å²) in [6.07, 6.45) is 5.09. The summed E-state index contributed by atoms with van der Waals surface area (Å²) in [4.78, 5) is 7.15. The maximum atomic E-state index is 4.65. The number of hydrogen-bond acceptors (Lipinski definition) is 4. The van der Waals surface area contributed by atoms with E-state index in [4.69, 9.17) is 0 Å². The largest absolute Gasteiger partial charge is 0.360 e. The maximum absolute atomic E-state index is 4.65. The molecule has 0 saturated carbocycles. The van der Waals surface area contributed by atoms with Gasteiger partial charge < -0.3 is 10.2 Å². The molecule has 1 fully saturated rings. The van der Waals surface area contributed by atoms with Gasteiger partial charge in [-0.1, -0.05) is 42.1 Å². The van der Waals surface area contributed by atoms with Crippen LogP contribution in [0.3, 0.4) is 0 Å². The Labute approximate surface area is 156 Å². The molecule has 1 aromatic rings. The van der Waals surface area contributed by atoms with Crippen molar-refractivity contribution in [2.24, 2.45) is 4.99 Å². The maximum Gasteiger partial charge on any atom is 0.156 e. The molecule has 2 atom stereocenters. The van der Waals surface area contributed by atoms with Gasteiger partial charge >= 0.3 is 0 Å². The van der Waals surface area contributed by atoms with Crippen molar-refractivity contribution in [2.45, 2.75) is 37.8 Å². The number of nitrogens with zero attached hydrogens (tertiary/aromatic N) is 2. The van der Waals surface area contributed by atoms with E-state index in [9.17, 15) is 0 Å². The highest BCUT2D eigenvalue weighted by molar-refractivity contribution is 8.13. The number of hydrogen-bond donors (Lipinski definition) is 1. The van der Waals surface area contributed by atoms with E-state index < -0.39 is 0 Å². The lowest BCUT2D eigenvalue weighted by atomic mass is 10.1. The van der Waals surface area contributed by atoms with Crippen LogP contribution in [-0.2, 0) is 6.42 Å². The lowest BCUT2D eigenvalue weighted by molar-refractivity contribution is 0.305. The second-order valence-corrected chi connectivity index (χ2v) is 7.17. The van der Waals surface area contributed by atoms with Crippen LogP contribution in [0.1, 0.15) is 24.8 Å². The van der Waals surface area contributed by atoms with E-state index in [0.717, 1.165) is 24.2 Å². The van der Waals surface area contributed by atoms with Crippen molar-refractivity contribution >= 4 is 41.7 Å². The molecule has 23 heavy (non-hydrogen) atoms. The highest BCUT2D eigenvalue weighted by Gasteiger charge is 2.22. The molecule has 2 heterocycles. The van der Waals surface area contributed by atoms with Gasteiger partial charge in [0, 0.05) is 11.8 Å². The van der Waals surface area contributed by atoms with Crippen LogP contribution in [0.2, 0.25) is 0 Å². The summed E-state index contributed by atoms with van der Waals surface area (Å²) in [6.45, 7) is 2.19. The molecule has 0 bridgehead atoms. The van der Waals surface area contributed by atoms with E-state index in [1.807, 2.05) is 11.8 Å². The quantitative estimate of drug-likeness (QED) is 0.851. The molecular weight excluding hydrogens is 349 g/mol. The second-order valence-electron chi connectivity index (χ2n) is 6.09. The second kappa shape index (κ2) is 10.4. The lowest BCUT2D eigenvalue weighted by Gasteiger charge is -2.19. The minimum Gasteiger partial charge on any atom is -0.360 e. The molecule has 0 amide bonds. The van der Waals surface area contributed by atoms with Crippen molar-refractivity contribution in [1.29, 1.82) is 0 Å². The Balaban J connectivity index is 0.00000132. The number of nitrogens with one attached hydrogen (secondary N) is 1. The molecule has 6 heteroatoms. The summed E-state index contributed by atoms with van der Waals surface area (Å²) >= 11 is 1.90. The number of aliphatic imine (C=N–C) groups is 1. The van der Waals surface area contributed by atoms with Crippen LogP contribution in [-0.4, -0.2) is 48.0 Å². The molecule has 3 nitrogen and oxygen atoms in total. The molecule has 0 radical (unpaired) electrons. The average molecular weight is 376 g/mol. The van der Waals surface area contributed by atoms with Crippen LogP contribution in [0.5, 0.6) is 0 Å². The molecule has 0 spiro atoms. The minimum atomic E-state index is 0. The van der Waals surface area contributed by atoms with E-state index in [1.165, 1.54) is 37.1 Å². The smallest absolute Gasteiger partial charge is 0.156 e. The van der Waals surface area contributed by atoms with Crippen molar-refractivity contribution < 1.29 is 0 Å². The molecule has 0 aliphatic carbocycles. The van der Waals surface area contributed by atoms with Crippen molar-refractivity contribution in [3.05, 3.63) is 35.9 Å². The number of amidine groups is 1. The SMILES string of the molecule is CN1CCCC1CCSC1=NCC(Cc2ccccc2)N1.Cl.Cl. The third-order valence-electron chi connectivity index (χ3n) is 4.47. The van der Waals surface area contributed by atoms with Gasteiger partial charge in [-0.25, -0.2) is 0 Å². The van der Waals surface area contributed by atoms with Gasteiger partial charge in [0.15, 0.2) is 5.17 Å². The fourth-order valence-electron chi connectivity index (χ4n) is 3.20. The summed E-state index contributed by atoms with van der Waals surface area (Å²) in [5.41, 5.74) is 1.39. The predicted molar refractivity (Wildman–Crippen MR) is 107 cm³/mol. The summed E-state index contributed by atoms with van der Waals surface area (Å²) in [7, 11) is 2.25. The van der Waals surface area contributed by atoms with Gasteiger partial charge in [-0.15, -0.1) is 24.8 Å². The van der Waals surface area contributed by atoms with E-state index in [0.29, 0.717) is 6.04 Å². The van der Waals surface area contributed by atoms with Gasteiger partial charge in [0.25, 0.3) is 0 Å². The minimum absolute atomic E-state index is 0. The Bertz CT molecular complexity index is 484. The van der Waals surface area contributed by atoms with Gasteiger partial charge in [-0.3, -0.25) is 4.99 Å². The highest BCUT2D eigenvalue weighted by Crippen LogP contribution is 2.21. The third-order valence-corrected chi connectivity index (χ3v) is 5.43. The van der Waals surface area contributed by atoms with Crippen molar-refractivity contribution in [1.82, 2.24) is 10.2 Å². The van der Waals surface area contributed by atoms with Gasteiger partial charge in [-0.05, 0) is 44.8 Å².